The number of nitrogens with zero attached hydrogens (tertiary/aromatic N) is 2. The van der Waals surface area contributed by atoms with Gasteiger partial charge >= 0.3 is 0 Å². The maximum absolute atomic E-state index is 12.3. The summed E-state index contributed by atoms with van der Waals surface area (Å²) >= 11 is 0. The zero-order chi connectivity index (χ0) is 21.3. The van der Waals surface area contributed by atoms with Crippen molar-refractivity contribution in [1.29, 1.82) is 0 Å². The van der Waals surface area contributed by atoms with E-state index >= 15 is 0 Å². The topological polar surface area (TPSA) is 126 Å². The zero-order valence-corrected chi connectivity index (χ0v) is 15.9. The average molecular weight is 405 g/mol. The second-order valence-electron chi connectivity index (χ2n) is 6.25. The summed E-state index contributed by atoms with van der Waals surface area (Å²) in [5.74, 6) is -0.204. The first-order valence-electron chi connectivity index (χ1n) is 9.12. The maximum Gasteiger partial charge on any atom is 0.292 e. The molecule has 152 valence electrons. The van der Waals surface area contributed by atoms with E-state index in [-0.39, 0.29) is 30.5 Å². The quantitative estimate of drug-likeness (QED) is 0.388. The van der Waals surface area contributed by atoms with E-state index in [0.717, 1.165) is 0 Å². The van der Waals surface area contributed by atoms with Crippen LogP contribution in [0.25, 0.3) is 0 Å². The Morgan fingerprint density at radius 2 is 1.77 bits per heavy atom. The molecular formula is C21H19N5O4. The minimum Gasteiger partial charge on any atom is -0.379 e. The number of nitro benzene ring substituents is 1. The van der Waals surface area contributed by atoms with Gasteiger partial charge in [0.1, 0.15) is 11.5 Å². The number of anilines is 3. The van der Waals surface area contributed by atoms with E-state index in [0.29, 0.717) is 22.8 Å². The van der Waals surface area contributed by atoms with Gasteiger partial charge in [0.05, 0.1) is 4.92 Å². The van der Waals surface area contributed by atoms with E-state index < -0.39 is 4.92 Å². The lowest BCUT2D eigenvalue weighted by Crippen LogP contribution is -2.17. The average Bonchev–Trinajstić information content (AvgIpc) is 2.75. The Kier molecular flexibility index (Phi) is 6.67. The number of para-hydroxylation sites is 2. The molecule has 1 heterocycles. The van der Waals surface area contributed by atoms with Crippen molar-refractivity contribution in [3.63, 3.8) is 0 Å². The number of benzene rings is 2. The van der Waals surface area contributed by atoms with Crippen molar-refractivity contribution in [1.82, 2.24) is 4.98 Å². The Hall–Kier alpha value is -4.27. The Morgan fingerprint density at radius 1 is 0.967 bits per heavy atom. The molecule has 2 amide bonds. The maximum atomic E-state index is 12.3. The van der Waals surface area contributed by atoms with Gasteiger partial charge < -0.3 is 16.0 Å². The fourth-order valence-corrected chi connectivity index (χ4v) is 2.68. The van der Waals surface area contributed by atoms with Crippen molar-refractivity contribution in [2.45, 2.75) is 6.42 Å². The number of amides is 2. The summed E-state index contributed by atoms with van der Waals surface area (Å²) in [4.78, 5) is 39.1. The van der Waals surface area contributed by atoms with Crippen LogP contribution in [-0.4, -0.2) is 28.3 Å². The van der Waals surface area contributed by atoms with Crippen molar-refractivity contribution in [2.24, 2.45) is 0 Å². The van der Waals surface area contributed by atoms with Gasteiger partial charge in [0.15, 0.2) is 0 Å². The summed E-state index contributed by atoms with van der Waals surface area (Å²) in [5, 5.41) is 19.3. The van der Waals surface area contributed by atoms with Gasteiger partial charge in [-0.2, -0.15) is 0 Å². The summed E-state index contributed by atoms with van der Waals surface area (Å²) < 4.78 is 0. The summed E-state index contributed by atoms with van der Waals surface area (Å²) in [6.07, 6.45) is 1.67. The number of nitrogens with one attached hydrogen (secondary N) is 3. The second-order valence-corrected chi connectivity index (χ2v) is 6.25. The van der Waals surface area contributed by atoms with Crippen LogP contribution >= 0.6 is 0 Å². The normalized spacial score (nSPS) is 10.1. The Bertz CT molecular complexity index is 1060. The molecule has 0 fully saturated rings. The molecule has 3 N–H and O–H groups in total. The van der Waals surface area contributed by atoms with E-state index in [1.807, 2.05) is 0 Å². The van der Waals surface area contributed by atoms with Crippen LogP contribution < -0.4 is 16.0 Å². The van der Waals surface area contributed by atoms with Crippen LogP contribution in [0.15, 0.2) is 72.9 Å². The number of hydrogen-bond acceptors (Lipinski definition) is 6. The molecule has 3 aromatic rings. The predicted octanol–water partition coefficient (Wildman–Crippen LogP) is 3.68. The monoisotopic (exact) mass is 405 g/mol. The van der Waals surface area contributed by atoms with Gasteiger partial charge in [0.2, 0.25) is 5.91 Å². The molecule has 0 spiro atoms. The van der Waals surface area contributed by atoms with Crippen molar-refractivity contribution < 1.29 is 14.5 Å². The van der Waals surface area contributed by atoms with Gasteiger partial charge in [-0.05, 0) is 36.4 Å². The third kappa shape index (κ3) is 5.61. The SMILES string of the molecule is O=C(CCNc1ccccc1[N+](=O)[O-])Nc1cccc(C(=O)Nc2ccccn2)c1. The molecule has 2 aromatic carbocycles. The lowest BCUT2D eigenvalue weighted by molar-refractivity contribution is -0.384. The van der Waals surface area contributed by atoms with Crippen LogP contribution in [-0.2, 0) is 4.79 Å². The van der Waals surface area contributed by atoms with Gasteiger partial charge in [-0.15, -0.1) is 0 Å². The van der Waals surface area contributed by atoms with Crippen LogP contribution in [0.3, 0.4) is 0 Å². The van der Waals surface area contributed by atoms with Crippen molar-refractivity contribution in [3.05, 3.63) is 88.6 Å². The first-order valence-corrected chi connectivity index (χ1v) is 9.12. The minimum atomic E-state index is -0.482. The number of nitro groups is 1. The smallest absolute Gasteiger partial charge is 0.292 e. The summed E-state index contributed by atoms with van der Waals surface area (Å²) in [6, 6.07) is 17.9. The molecule has 3 rings (SSSR count). The molecule has 0 bridgehead atoms. The predicted molar refractivity (Wildman–Crippen MR) is 113 cm³/mol. The van der Waals surface area contributed by atoms with Crippen LogP contribution in [0, 0.1) is 10.1 Å². The molecule has 0 aliphatic carbocycles. The third-order valence-corrected chi connectivity index (χ3v) is 4.08. The second kappa shape index (κ2) is 9.78. The van der Waals surface area contributed by atoms with Crippen LogP contribution in [0.2, 0.25) is 0 Å². The molecule has 0 unspecified atom stereocenters. The molecule has 9 heteroatoms. The molecule has 0 aliphatic heterocycles. The first kappa shape index (κ1) is 20.5. The van der Waals surface area contributed by atoms with Gasteiger partial charge in [0.25, 0.3) is 11.6 Å². The Labute approximate surface area is 172 Å². The largest absolute Gasteiger partial charge is 0.379 e. The van der Waals surface area contributed by atoms with E-state index in [1.165, 1.54) is 6.07 Å². The van der Waals surface area contributed by atoms with E-state index in [4.69, 9.17) is 0 Å². The molecule has 0 atom stereocenters. The van der Waals surface area contributed by atoms with Crippen LogP contribution in [0.1, 0.15) is 16.8 Å². The number of rotatable bonds is 8. The summed E-state index contributed by atoms with van der Waals surface area (Å²) in [5.41, 5.74) is 1.14. The highest BCUT2D eigenvalue weighted by Crippen LogP contribution is 2.23. The minimum absolute atomic E-state index is 0.0514. The molecule has 0 saturated heterocycles. The highest BCUT2D eigenvalue weighted by Gasteiger charge is 2.12. The lowest BCUT2D eigenvalue weighted by Gasteiger charge is -2.09. The van der Waals surface area contributed by atoms with Gasteiger partial charge in [-0.3, -0.25) is 19.7 Å². The molecule has 9 nitrogen and oxygen atoms in total. The fraction of sp³-hybridized carbons (Fsp3) is 0.0952. The summed E-state index contributed by atoms with van der Waals surface area (Å²) in [6.45, 7) is 0.219. The fourth-order valence-electron chi connectivity index (χ4n) is 2.68. The highest BCUT2D eigenvalue weighted by molar-refractivity contribution is 6.04. The van der Waals surface area contributed by atoms with Gasteiger partial charge in [-0.1, -0.05) is 24.3 Å². The van der Waals surface area contributed by atoms with Gasteiger partial charge in [0, 0.05) is 36.5 Å². The van der Waals surface area contributed by atoms with E-state index in [2.05, 4.69) is 20.9 Å². The molecule has 30 heavy (non-hydrogen) atoms. The standard InChI is InChI=1S/C21H19N5O4/c27-20(11-13-22-17-8-1-2-9-18(17)26(29)30)24-16-7-5-6-15(14-16)21(28)25-19-10-3-4-12-23-19/h1-10,12,14,22H,11,13H2,(H,24,27)(H,23,25,28). The third-order valence-electron chi connectivity index (χ3n) is 4.08. The molecular weight excluding hydrogens is 386 g/mol. The number of carbonyl (C=O) groups excluding carboxylic acids is 2. The van der Waals surface area contributed by atoms with Crippen molar-refractivity contribution in [3.8, 4) is 0 Å². The Balaban J connectivity index is 1.54. The van der Waals surface area contributed by atoms with Crippen molar-refractivity contribution >= 4 is 34.7 Å². The Morgan fingerprint density at radius 3 is 2.53 bits per heavy atom. The number of carbonyl (C=O) groups is 2. The summed E-state index contributed by atoms with van der Waals surface area (Å²) in [7, 11) is 0. The van der Waals surface area contributed by atoms with Crippen LogP contribution in [0.4, 0.5) is 22.9 Å². The van der Waals surface area contributed by atoms with Crippen LogP contribution in [0.5, 0.6) is 0 Å². The molecule has 0 saturated carbocycles. The van der Waals surface area contributed by atoms with Gasteiger partial charge in [-0.25, -0.2) is 4.98 Å². The highest BCUT2D eigenvalue weighted by atomic mass is 16.6. The van der Waals surface area contributed by atoms with E-state index in [9.17, 15) is 19.7 Å². The lowest BCUT2D eigenvalue weighted by atomic mass is 10.2. The number of pyridine rings is 1. The number of hydrogen-bond donors (Lipinski definition) is 3. The number of aromatic nitrogens is 1. The molecule has 0 aliphatic rings. The zero-order valence-electron chi connectivity index (χ0n) is 15.9. The molecule has 0 radical (unpaired) electrons. The van der Waals surface area contributed by atoms with Crippen molar-refractivity contribution in [2.75, 3.05) is 22.5 Å². The first-order chi connectivity index (χ1) is 14.5. The molecule has 1 aromatic heterocycles. The van der Waals surface area contributed by atoms with E-state index in [1.54, 1.807) is 66.9 Å².